The molecule has 1 aliphatic heterocycles. The van der Waals surface area contributed by atoms with Crippen LogP contribution < -0.4 is 10.6 Å². The number of carbonyl (C=O) groups is 1. The second-order valence-corrected chi connectivity index (χ2v) is 6.57. The number of nitrogens with one attached hydrogen (secondary N) is 2. The Bertz CT molecular complexity index is 693. The van der Waals surface area contributed by atoms with Crippen LogP contribution in [0.5, 0.6) is 0 Å². The van der Waals surface area contributed by atoms with Gasteiger partial charge in [-0.25, -0.2) is 0 Å². The van der Waals surface area contributed by atoms with E-state index in [-0.39, 0.29) is 18.3 Å². The number of aromatic nitrogens is 2. The Hall–Kier alpha value is -1.85. The zero-order valence-corrected chi connectivity index (χ0v) is 15.7. The van der Waals surface area contributed by atoms with Crippen LogP contribution in [0.25, 0.3) is 0 Å². The van der Waals surface area contributed by atoms with Gasteiger partial charge in [-0.05, 0) is 38.8 Å². The van der Waals surface area contributed by atoms with E-state index in [0.29, 0.717) is 19.0 Å². The van der Waals surface area contributed by atoms with Crippen molar-refractivity contribution in [2.45, 2.75) is 52.2 Å². The maximum atomic E-state index is 12.1. The van der Waals surface area contributed by atoms with Crippen molar-refractivity contribution in [3.8, 4) is 0 Å². The molecule has 1 aromatic heterocycles. The van der Waals surface area contributed by atoms with E-state index >= 15 is 0 Å². The Morgan fingerprint density at radius 1 is 1.32 bits per heavy atom. The van der Waals surface area contributed by atoms with E-state index in [1.54, 1.807) is 0 Å². The highest BCUT2D eigenvalue weighted by Gasteiger charge is 2.18. The van der Waals surface area contributed by atoms with Crippen molar-refractivity contribution < 1.29 is 4.79 Å². The summed E-state index contributed by atoms with van der Waals surface area (Å²) in [7, 11) is 0. The first-order chi connectivity index (χ1) is 11.6. The maximum Gasteiger partial charge on any atom is 0.221 e. The molecule has 1 unspecified atom stereocenters. The van der Waals surface area contributed by atoms with Gasteiger partial charge in [0.15, 0.2) is 0 Å². The molecule has 3 rings (SSSR count). The van der Waals surface area contributed by atoms with Crippen LogP contribution in [0, 0.1) is 13.8 Å². The number of amides is 1. The van der Waals surface area contributed by atoms with Crippen molar-refractivity contribution in [3.05, 3.63) is 52.8 Å². The van der Waals surface area contributed by atoms with Gasteiger partial charge < -0.3 is 10.6 Å². The molecule has 1 fully saturated rings. The fourth-order valence-corrected chi connectivity index (χ4v) is 3.31. The molecule has 1 aromatic carbocycles. The van der Waals surface area contributed by atoms with Crippen LogP contribution in [0.3, 0.4) is 0 Å². The van der Waals surface area contributed by atoms with Crippen LogP contribution in [-0.4, -0.2) is 28.3 Å². The number of rotatable bonds is 6. The molecule has 0 aliphatic carbocycles. The third-order valence-corrected chi connectivity index (χ3v) is 4.76. The number of nitrogens with zero attached hydrogens (tertiary/aromatic N) is 2. The van der Waals surface area contributed by atoms with Gasteiger partial charge in [-0.2, -0.15) is 5.10 Å². The van der Waals surface area contributed by atoms with E-state index in [1.807, 2.05) is 29.8 Å². The Kier molecular flexibility index (Phi) is 7.02. The lowest BCUT2D eigenvalue weighted by Crippen LogP contribution is -2.31. The Morgan fingerprint density at radius 3 is 2.76 bits per heavy atom. The molecule has 1 saturated heterocycles. The largest absolute Gasteiger partial charge is 0.352 e. The predicted octanol–water partition coefficient (Wildman–Crippen LogP) is 2.73. The molecular weight excluding hydrogens is 336 g/mol. The lowest BCUT2D eigenvalue weighted by atomic mass is 10.1. The summed E-state index contributed by atoms with van der Waals surface area (Å²) >= 11 is 0. The molecule has 25 heavy (non-hydrogen) atoms. The molecule has 136 valence electrons. The minimum absolute atomic E-state index is 0. The third-order valence-electron chi connectivity index (χ3n) is 4.76. The smallest absolute Gasteiger partial charge is 0.221 e. The number of aryl methyl sites for hydroxylation is 1. The van der Waals surface area contributed by atoms with Crippen LogP contribution in [-0.2, 0) is 17.9 Å². The molecule has 1 aliphatic rings. The highest BCUT2D eigenvalue weighted by Crippen LogP contribution is 2.15. The van der Waals surface area contributed by atoms with Crippen LogP contribution in [0.4, 0.5) is 0 Å². The normalized spacial score (nSPS) is 16.5. The molecule has 2 heterocycles. The van der Waals surface area contributed by atoms with Gasteiger partial charge in [0, 0.05) is 30.3 Å². The lowest BCUT2D eigenvalue weighted by molar-refractivity contribution is -0.121. The predicted molar refractivity (Wildman–Crippen MR) is 102 cm³/mol. The molecule has 0 spiro atoms. The second-order valence-electron chi connectivity index (χ2n) is 6.57. The van der Waals surface area contributed by atoms with Gasteiger partial charge in [-0.15, -0.1) is 12.4 Å². The molecular formula is C19H27ClN4O. The van der Waals surface area contributed by atoms with Crippen LogP contribution in [0.1, 0.15) is 41.8 Å². The van der Waals surface area contributed by atoms with E-state index in [0.717, 1.165) is 36.5 Å². The lowest BCUT2D eigenvalue weighted by Gasteiger charge is -2.11. The minimum atomic E-state index is 0. The number of carbonyl (C=O) groups excluding carboxylic acids is 1. The highest BCUT2D eigenvalue weighted by atomic mass is 35.5. The number of hydrogen-bond donors (Lipinski definition) is 2. The topological polar surface area (TPSA) is 59.0 Å². The fourth-order valence-electron chi connectivity index (χ4n) is 3.31. The average Bonchev–Trinajstić information content (AvgIpc) is 3.16. The first-order valence-electron chi connectivity index (χ1n) is 8.70. The summed E-state index contributed by atoms with van der Waals surface area (Å²) in [5, 5.41) is 11.1. The van der Waals surface area contributed by atoms with Crippen molar-refractivity contribution in [3.63, 3.8) is 0 Å². The maximum absolute atomic E-state index is 12.1. The summed E-state index contributed by atoms with van der Waals surface area (Å²) in [4.78, 5) is 12.1. The summed E-state index contributed by atoms with van der Waals surface area (Å²) in [6.07, 6.45) is 2.83. The summed E-state index contributed by atoms with van der Waals surface area (Å²) in [5.41, 5.74) is 4.46. The third kappa shape index (κ3) is 5.06. The Labute approximate surface area is 155 Å². The van der Waals surface area contributed by atoms with E-state index in [4.69, 9.17) is 0 Å². The zero-order valence-electron chi connectivity index (χ0n) is 14.9. The molecule has 0 saturated carbocycles. The van der Waals surface area contributed by atoms with Crippen molar-refractivity contribution in [2.24, 2.45) is 0 Å². The van der Waals surface area contributed by atoms with Gasteiger partial charge in [0.25, 0.3) is 0 Å². The van der Waals surface area contributed by atoms with Crippen molar-refractivity contribution >= 4 is 18.3 Å². The van der Waals surface area contributed by atoms with E-state index in [9.17, 15) is 4.79 Å². The van der Waals surface area contributed by atoms with Crippen molar-refractivity contribution in [1.82, 2.24) is 20.4 Å². The Balaban J connectivity index is 0.00000225. The van der Waals surface area contributed by atoms with Gasteiger partial charge in [0.2, 0.25) is 5.91 Å². The standard InChI is InChI=1S/C19H26N4O.ClH/c1-14-18(12-21-19(24)11-17-9-6-10-20-17)15(2)23(22-14)13-16-7-4-3-5-8-16;/h3-5,7-8,17,20H,6,9-13H2,1-2H3,(H,21,24);1H. The molecule has 2 aromatic rings. The van der Waals surface area contributed by atoms with E-state index in [1.165, 1.54) is 12.0 Å². The number of halogens is 1. The van der Waals surface area contributed by atoms with E-state index < -0.39 is 0 Å². The number of benzene rings is 1. The second kappa shape index (κ2) is 9.02. The molecule has 0 radical (unpaired) electrons. The monoisotopic (exact) mass is 362 g/mol. The van der Waals surface area contributed by atoms with Gasteiger partial charge in [0.1, 0.15) is 0 Å². The molecule has 1 atom stereocenters. The molecule has 6 heteroatoms. The first kappa shape index (κ1) is 19.5. The Morgan fingerprint density at radius 2 is 2.08 bits per heavy atom. The molecule has 0 bridgehead atoms. The van der Waals surface area contributed by atoms with Gasteiger partial charge in [0.05, 0.1) is 12.2 Å². The number of hydrogen-bond acceptors (Lipinski definition) is 3. The van der Waals surface area contributed by atoms with Gasteiger partial charge >= 0.3 is 0 Å². The SMILES string of the molecule is Cc1nn(Cc2ccccc2)c(C)c1CNC(=O)CC1CCCN1.Cl. The summed E-state index contributed by atoms with van der Waals surface area (Å²) in [5.74, 6) is 0.115. The molecule has 1 amide bonds. The van der Waals surface area contributed by atoms with Gasteiger partial charge in [-0.3, -0.25) is 9.48 Å². The van der Waals surface area contributed by atoms with Crippen molar-refractivity contribution in [2.75, 3.05) is 6.54 Å². The van der Waals surface area contributed by atoms with Gasteiger partial charge in [-0.1, -0.05) is 30.3 Å². The average molecular weight is 363 g/mol. The summed E-state index contributed by atoms with van der Waals surface area (Å²) in [6, 6.07) is 10.6. The fraction of sp³-hybridized carbons (Fsp3) is 0.474. The molecule has 5 nitrogen and oxygen atoms in total. The minimum Gasteiger partial charge on any atom is -0.352 e. The quantitative estimate of drug-likeness (QED) is 0.830. The van der Waals surface area contributed by atoms with Crippen LogP contribution >= 0.6 is 12.4 Å². The van der Waals surface area contributed by atoms with Crippen molar-refractivity contribution in [1.29, 1.82) is 0 Å². The highest BCUT2D eigenvalue weighted by molar-refractivity contribution is 5.85. The van der Waals surface area contributed by atoms with Crippen LogP contribution in [0.2, 0.25) is 0 Å². The summed E-state index contributed by atoms with van der Waals surface area (Å²) < 4.78 is 2.02. The first-order valence-corrected chi connectivity index (χ1v) is 8.70. The zero-order chi connectivity index (χ0) is 16.9. The van der Waals surface area contributed by atoms with Crippen LogP contribution in [0.15, 0.2) is 30.3 Å². The van der Waals surface area contributed by atoms with E-state index in [2.05, 4.69) is 34.8 Å². The molecule has 2 N–H and O–H groups in total. The summed E-state index contributed by atoms with van der Waals surface area (Å²) in [6.45, 7) is 6.42.